The predicted molar refractivity (Wildman–Crippen MR) is 102 cm³/mol. The van der Waals surface area contributed by atoms with E-state index in [1.807, 2.05) is 39.1 Å². The summed E-state index contributed by atoms with van der Waals surface area (Å²) in [6, 6.07) is 5.79. The average molecular weight is 368 g/mol. The maximum atomic E-state index is 12.7. The smallest absolute Gasteiger partial charge is 0.278 e. The Morgan fingerprint density at radius 1 is 1.31 bits per heavy atom. The van der Waals surface area contributed by atoms with Gasteiger partial charge in [0.15, 0.2) is 10.8 Å². The number of thiazole rings is 1. The molecule has 1 fully saturated rings. The van der Waals surface area contributed by atoms with Gasteiger partial charge in [0.25, 0.3) is 5.91 Å². The van der Waals surface area contributed by atoms with Gasteiger partial charge in [-0.3, -0.25) is 14.8 Å². The molecule has 3 aromatic rings. The van der Waals surface area contributed by atoms with Crippen molar-refractivity contribution < 1.29 is 4.79 Å². The third kappa shape index (κ3) is 3.45. The number of aromatic nitrogens is 4. The number of carbonyl (C=O) groups excluding carboxylic acids is 1. The van der Waals surface area contributed by atoms with Crippen LogP contribution in [0.1, 0.15) is 45.5 Å². The second-order valence-corrected chi connectivity index (χ2v) is 7.79. The molecular weight excluding hydrogens is 348 g/mol. The van der Waals surface area contributed by atoms with Crippen LogP contribution in [0.5, 0.6) is 0 Å². The van der Waals surface area contributed by atoms with E-state index in [-0.39, 0.29) is 5.91 Å². The SMILES string of the molecule is Cc1ccc(Nc2cc(C3CC3)nn2C)c(C(=O)Nc2ncc(C)s2)n1. The van der Waals surface area contributed by atoms with E-state index >= 15 is 0 Å². The van der Waals surface area contributed by atoms with E-state index in [2.05, 4.69) is 25.7 Å². The van der Waals surface area contributed by atoms with Crippen LogP contribution in [0.15, 0.2) is 24.4 Å². The number of hydrogen-bond donors (Lipinski definition) is 2. The third-order valence-electron chi connectivity index (χ3n) is 4.25. The zero-order chi connectivity index (χ0) is 18.3. The monoisotopic (exact) mass is 368 g/mol. The first-order valence-electron chi connectivity index (χ1n) is 8.52. The molecule has 0 unspecified atom stereocenters. The highest BCUT2D eigenvalue weighted by molar-refractivity contribution is 7.15. The van der Waals surface area contributed by atoms with Crippen molar-refractivity contribution >= 4 is 33.9 Å². The Kier molecular flexibility index (Phi) is 4.20. The molecule has 0 spiro atoms. The lowest BCUT2D eigenvalue weighted by molar-refractivity contribution is 0.102. The maximum absolute atomic E-state index is 12.7. The van der Waals surface area contributed by atoms with Gasteiger partial charge in [0.05, 0.1) is 11.4 Å². The Morgan fingerprint density at radius 3 is 2.81 bits per heavy atom. The first-order valence-corrected chi connectivity index (χ1v) is 9.33. The summed E-state index contributed by atoms with van der Waals surface area (Å²) >= 11 is 1.44. The van der Waals surface area contributed by atoms with Crippen LogP contribution in [0.25, 0.3) is 0 Å². The highest BCUT2D eigenvalue weighted by Gasteiger charge is 2.27. The Bertz CT molecular complexity index is 972. The zero-order valence-corrected chi connectivity index (χ0v) is 15.7. The van der Waals surface area contributed by atoms with Gasteiger partial charge in [-0.1, -0.05) is 0 Å². The molecule has 0 aliphatic heterocycles. The van der Waals surface area contributed by atoms with Crippen LogP contribution in [-0.2, 0) is 7.05 Å². The van der Waals surface area contributed by atoms with Gasteiger partial charge in [-0.05, 0) is 38.8 Å². The molecule has 1 saturated carbocycles. The number of rotatable bonds is 5. The van der Waals surface area contributed by atoms with Crippen LogP contribution in [0.2, 0.25) is 0 Å². The number of hydrogen-bond acceptors (Lipinski definition) is 6. The Hall–Kier alpha value is -2.74. The summed E-state index contributed by atoms with van der Waals surface area (Å²) in [4.78, 5) is 22.4. The summed E-state index contributed by atoms with van der Waals surface area (Å²) in [5.41, 5.74) is 2.86. The van der Waals surface area contributed by atoms with Crippen molar-refractivity contribution in [1.29, 1.82) is 0 Å². The quantitative estimate of drug-likeness (QED) is 0.716. The molecule has 4 rings (SSSR count). The molecular formula is C18H20N6OS. The molecule has 1 amide bonds. The first-order chi connectivity index (χ1) is 12.5. The molecule has 0 atom stereocenters. The molecule has 3 heterocycles. The molecule has 2 N–H and O–H groups in total. The van der Waals surface area contributed by atoms with Crippen LogP contribution >= 0.6 is 11.3 Å². The molecule has 1 aliphatic carbocycles. The molecule has 0 radical (unpaired) electrons. The summed E-state index contributed by atoms with van der Waals surface area (Å²) in [6.45, 7) is 3.81. The number of amides is 1. The summed E-state index contributed by atoms with van der Waals surface area (Å²) in [5, 5.41) is 11.3. The van der Waals surface area contributed by atoms with E-state index in [1.54, 1.807) is 10.9 Å². The van der Waals surface area contributed by atoms with Gasteiger partial charge < -0.3 is 5.32 Å². The van der Waals surface area contributed by atoms with E-state index in [1.165, 1.54) is 24.2 Å². The van der Waals surface area contributed by atoms with Gasteiger partial charge in [0.1, 0.15) is 5.82 Å². The Morgan fingerprint density at radius 2 is 2.12 bits per heavy atom. The normalized spacial score (nSPS) is 13.7. The van der Waals surface area contributed by atoms with Crippen LogP contribution in [0.4, 0.5) is 16.6 Å². The molecule has 0 bridgehead atoms. The van der Waals surface area contributed by atoms with E-state index in [4.69, 9.17) is 0 Å². The number of anilines is 3. The summed E-state index contributed by atoms with van der Waals surface area (Å²) in [7, 11) is 1.90. The summed E-state index contributed by atoms with van der Waals surface area (Å²) in [6.07, 6.45) is 4.13. The predicted octanol–water partition coefficient (Wildman–Crippen LogP) is 3.76. The van der Waals surface area contributed by atoms with Crippen LogP contribution < -0.4 is 10.6 Å². The minimum Gasteiger partial charge on any atom is -0.339 e. The van der Waals surface area contributed by atoms with Gasteiger partial charge in [-0.15, -0.1) is 11.3 Å². The minimum absolute atomic E-state index is 0.282. The van der Waals surface area contributed by atoms with E-state index in [0.717, 1.165) is 22.1 Å². The molecule has 1 aliphatic rings. The molecule has 134 valence electrons. The van der Waals surface area contributed by atoms with Crippen molar-refractivity contribution in [2.24, 2.45) is 7.05 Å². The number of carbonyl (C=O) groups is 1. The molecule has 0 saturated heterocycles. The lowest BCUT2D eigenvalue weighted by Crippen LogP contribution is -2.16. The van der Waals surface area contributed by atoms with Crippen molar-refractivity contribution in [1.82, 2.24) is 19.7 Å². The average Bonchev–Trinajstić information content (AvgIpc) is 3.28. The van der Waals surface area contributed by atoms with Gasteiger partial charge >= 0.3 is 0 Å². The standard InChI is InChI=1S/C18H20N6OS/c1-10-4-7-13(21-15-8-14(12-5-6-12)23-24(15)3)16(20-10)17(25)22-18-19-9-11(2)26-18/h4,7-9,12,21H,5-6H2,1-3H3,(H,19,22,25). The second kappa shape index (κ2) is 6.53. The molecule has 26 heavy (non-hydrogen) atoms. The van der Waals surface area contributed by atoms with Crippen LogP contribution in [0.3, 0.4) is 0 Å². The van der Waals surface area contributed by atoms with Gasteiger partial charge in [0.2, 0.25) is 0 Å². The van der Waals surface area contributed by atoms with E-state index in [0.29, 0.717) is 22.4 Å². The highest BCUT2D eigenvalue weighted by atomic mass is 32.1. The fourth-order valence-corrected chi connectivity index (χ4v) is 3.38. The molecule has 0 aromatic carbocycles. The minimum atomic E-state index is -0.282. The topological polar surface area (TPSA) is 84.7 Å². The maximum Gasteiger partial charge on any atom is 0.278 e. The fraction of sp³-hybridized carbons (Fsp3) is 0.333. The summed E-state index contributed by atoms with van der Waals surface area (Å²) in [5.74, 6) is 1.13. The third-order valence-corrected chi connectivity index (χ3v) is 5.08. The molecule has 3 aromatic heterocycles. The second-order valence-electron chi connectivity index (χ2n) is 6.56. The van der Waals surface area contributed by atoms with Crippen LogP contribution in [0, 0.1) is 13.8 Å². The molecule has 8 heteroatoms. The van der Waals surface area contributed by atoms with E-state index in [9.17, 15) is 4.79 Å². The fourth-order valence-electron chi connectivity index (χ4n) is 2.72. The van der Waals surface area contributed by atoms with Crippen molar-refractivity contribution in [2.45, 2.75) is 32.6 Å². The first kappa shape index (κ1) is 16.7. The number of nitrogens with one attached hydrogen (secondary N) is 2. The van der Waals surface area contributed by atoms with Gasteiger partial charge in [-0.25, -0.2) is 9.97 Å². The Labute approximate surface area is 155 Å². The van der Waals surface area contributed by atoms with E-state index < -0.39 is 0 Å². The van der Waals surface area contributed by atoms with Crippen molar-refractivity contribution in [2.75, 3.05) is 10.6 Å². The lowest BCUT2D eigenvalue weighted by atomic mass is 10.2. The number of pyridine rings is 1. The van der Waals surface area contributed by atoms with Gasteiger partial charge in [0, 0.05) is 35.8 Å². The van der Waals surface area contributed by atoms with Gasteiger partial charge in [-0.2, -0.15) is 5.10 Å². The number of nitrogens with zero attached hydrogens (tertiary/aromatic N) is 4. The van der Waals surface area contributed by atoms with Crippen molar-refractivity contribution in [3.8, 4) is 0 Å². The lowest BCUT2D eigenvalue weighted by Gasteiger charge is -2.11. The zero-order valence-electron chi connectivity index (χ0n) is 14.9. The summed E-state index contributed by atoms with van der Waals surface area (Å²) < 4.78 is 1.80. The largest absolute Gasteiger partial charge is 0.339 e. The highest BCUT2D eigenvalue weighted by Crippen LogP contribution is 2.40. The molecule has 7 nitrogen and oxygen atoms in total. The van der Waals surface area contributed by atoms with Crippen molar-refractivity contribution in [3.05, 3.63) is 46.4 Å². The number of aryl methyl sites for hydroxylation is 3. The Balaban J connectivity index is 1.61. The van der Waals surface area contributed by atoms with Crippen LogP contribution in [-0.4, -0.2) is 25.7 Å². The van der Waals surface area contributed by atoms with Crippen molar-refractivity contribution in [3.63, 3.8) is 0 Å².